The lowest BCUT2D eigenvalue weighted by Crippen LogP contribution is -2.52. The van der Waals surface area contributed by atoms with Crippen molar-refractivity contribution in [3.63, 3.8) is 0 Å². The smallest absolute Gasteiger partial charge is 0.407 e. The molecule has 0 bridgehead atoms. The molecule has 14 heteroatoms. The summed E-state index contributed by atoms with van der Waals surface area (Å²) in [4.78, 5) is 25.6. The molecule has 4 rings (SSSR count). The molecular weight excluding hydrogens is 616 g/mol. The van der Waals surface area contributed by atoms with Gasteiger partial charge in [-0.15, -0.1) is 0 Å². The number of nitrogens with one attached hydrogen (secondary N) is 1. The molecule has 0 spiro atoms. The predicted molar refractivity (Wildman–Crippen MR) is 170 cm³/mol. The molecule has 254 valence electrons. The zero-order valence-corrected chi connectivity index (χ0v) is 27.4. The Morgan fingerprint density at radius 2 is 1.83 bits per heavy atom. The van der Waals surface area contributed by atoms with Gasteiger partial charge in [0, 0.05) is 32.4 Å². The Morgan fingerprint density at radius 3 is 2.50 bits per heavy atom. The Balaban J connectivity index is 1.54. The summed E-state index contributed by atoms with van der Waals surface area (Å²) in [6.45, 7) is 4.51. The molecule has 0 aromatic heterocycles. The molecular formula is C32H46N4O9S. The number of anilines is 1. The van der Waals surface area contributed by atoms with Crippen molar-refractivity contribution in [2.75, 3.05) is 45.6 Å². The van der Waals surface area contributed by atoms with E-state index in [0.717, 1.165) is 5.56 Å². The van der Waals surface area contributed by atoms with Crippen molar-refractivity contribution < 1.29 is 42.4 Å². The molecule has 5 N–H and O–H groups in total. The number of aliphatic hydroxyl groups is 1. The van der Waals surface area contributed by atoms with Crippen LogP contribution in [-0.4, -0.2) is 104 Å². The fraction of sp³-hybridized carbons (Fsp3) is 0.562. The number of amides is 2. The number of nitrogen functional groups attached to an aromatic ring is 1. The number of benzene rings is 2. The molecule has 5 atom stereocenters. The second kappa shape index (κ2) is 15.4. The van der Waals surface area contributed by atoms with Gasteiger partial charge in [0.2, 0.25) is 10.0 Å². The van der Waals surface area contributed by atoms with Gasteiger partial charge < -0.3 is 40.4 Å². The number of fused-ring (bicyclic) bond motifs is 1. The number of alkyl carbamates (subject to hydrolysis) is 1. The van der Waals surface area contributed by atoms with Gasteiger partial charge in [-0.3, -0.25) is 0 Å². The second-order valence-corrected chi connectivity index (χ2v) is 14.8. The van der Waals surface area contributed by atoms with Gasteiger partial charge in [-0.05, 0) is 60.9 Å². The van der Waals surface area contributed by atoms with Crippen LogP contribution in [0.4, 0.5) is 15.3 Å². The number of carbonyl (C=O) groups is 2. The molecule has 46 heavy (non-hydrogen) atoms. The highest BCUT2D eigenvalue weighted by molar-refractivity contribution is 7.89. The van der Waals surface area contributed by atoms with E-state index in [1.807, 2.05) is 44.2 Å². The van der Waals surface area contributed by atoms with E-state index >= 15 is 0 Å². The van der Waals surface area contributed by atoms with Gasteiger partial charge in [-0.25, -0.2) is 18.0 Å². The molecule has 2 heterocycles. The van der Waals surface area contributed by atoms with Crippen LogP contribution in [0.15, 0.2) is 59.5 Å². The lowest BCUT2D eigenvalue weighted by atomic mass is 9.87. The summed E-state index contributed by atoms with van der Waals surface area (Å²) in [7, 11) is -2.65. The van der Waals surface area contributed by atoms with Crippen LogP contribution in [0.1, 0.15) is 38.7 Å². The van der Waals surface area contributed by atoms with Crippen LogP contribution in [0.2, 0.25) is 0 Å². The van der Waals surface area contributed by atoms with E-state index in [1.54, 1.807) is 0 Å². The molecule has 2 aromatic carbocycles. The maximum absolute atomic E-state index is 14.0. The Bertz CT molecular complexity index is 1410. The first-order valence-corrected chi connectivity index (χ1v) is 16.9. The van der Waals surface area contributed by atoms with Crippen LogP contribution >= 0.6 is 0 Å². The predicted octanol–water partition coefficient (Wildman–Crippen LogP) is 3.14. The summed E-state index contributed by atoms with van der Waals surface area (Å²) in [6.07, 6.45) is -2.05. The number of carbonyl (C=O) groups excluding carboxylic acids is 1. The third-order valence-corrected chi connectivity index (χ3v) is 10.3. The third kappa shape index (κ3) is 9.55. The normalized spacial score (nSPS) is 21.0. The van der Waals surface area contributed by atoms with Crippen molar-refractivity contribution in [1.29, 1.82) is 0 Å². The molecule has 13 nitrogen and oxygen atoms in total. The monoisotopic (exact) mass is 662 g/mol. The fourth-order valence-corrected chi connectivity index (χ4v) is 7.49. The van der Waals surface area contributed by atoms with Crippen LogP contribution < -0.4 is 11.1 Å². The van der Waals surface area contributed by atoms with E-state index in [1.165, 1.54) is 40.5 Å². The van der Waals surface area contributed by atoms with Gasteiger partial charge in [-0.2, -0.15) is 4.31 Å². The molecule has 0 saturated carbocycles. The number of nitrogens with two attached hydrogens (primary N) is 1. The van der Waals surface area contributed by atoms with Gasteiger partial charge >= 0.3 is 12.2 Å². The largest absolute Gasteiger partial charge is 0.465 e. The Kier molecular flexibility index (Phi) is 11.9. The number of aliphatic hydroxyl groups excluding tert-OH is 1. The van der Waals surface area contributed by atoms with Gasteiger partial charge in [0.15, 0.2) is 6.29 Å². The number of ether oxygens (including phenoxy) is 3. The van der Waals surface area contributed by atoms with E-state index in [9.17, 15) is 28.2 Å². The Labute approximate surface area is 270 Å². The maximum atomic E-state index is 14.0. The number of nitrogens with zero attached hydrogens (tertiary/aromatic N) is 2. The minimum Gasteiger partial charge on any atom is -0.465 e. The van der Waals surface area contributed by atoms with Crippen molar-refractivity contribution in [2.45, 2.75) is 69.0 Å². The number of rotatable bonds is 15. The van der Waals surface area contributed by atoms with Gasteiger partial charge in [0.1, 0.15) is 6.10 Å². The Morgan fingerprint density at radius 1 is 1.13 bits per heavy atom. The van der Waals surface area contributed by atoms with Crippen molar-refractivity contribution in [2.24, 2.45) is 11.3 Å². The fourth-order valence-electron chi connectivity index (χ4n) is 5.84. The van der Waals surface area contributed by atoms with Crippen molar-refractivity contribution >= 4 is 27.9 Å². The molecule has 2 aromatic rings. The van der Waals surface area contributed by atoms with Gasteiger partial charge in [-0.1, -0.05) is 44.2 Å². The highest BCUT2D eigenvalue weighted by Crippen LogP contribution is 2.33. The first-order valence-electron chi connectivity index (χ1n) is 15.5. The standard InChI is InChI=1S/C32H46N4O9S/c1-32(2,15-7-16-35(3)31(39)40)21-36(46(41,42)24-12-10-23(33)11-13-24)19-27(37)26(18-22-8-5-4-6-9-22)34-30(38)45-28-20-44-29-25(28)14-17-43-29/h4-6,8-13,25-29,37H,7,14-21,33H2,1-3H3,(H,34,38)(H,39,40)/t25-,26-,27+,28-,29+/m0/s1. The lowest BCUT2D eigenvalue weighted by Gasteiger charge is -2.35. The summed E-state index contributed by atoms with van der Waals surface area (Å²) < 4.78 is 46.1. The number of hydrogen-bond acceptors (Lipinski definition) is 9. The molecule has 2 aliphatic heterocycles. The lowest BCUT2D eigenvalue weighted by molar-refractivity contribution is -0.0907. The first kappa shape index (κ1) is 35.4. The molecule has 2 aliphatic rings. The topological polar surface area (TPSA) is 181 Å². The van der Waals surface area contributed by atoms with E-state index in [2.05, 4.69) is 5.32 Å². The van der Waals surface area contributed by atoms with Crippen LogP contribution in [0.5, 0.6) is 0 Å². The van der Waals surface area contributed by atoms with Crippen LogP contribution in [-0.2, 0) is 30.7 Å². The summed E-state index contributed by atoms with van der Waals surface area (Å²) in [5.41, 5.74) is 6.46. The molecule has 2 amide bonds. The number of sulfonamides is 1. The summed E-state index contributed by atoms with van der Waals surface area (Å²) in [5, 5.41) is 23.6. The van der Waals surface area contributed by atoms with Gasteiger partial charge in [0.05, 0.1) is 36.2 Å². The van der Waals surface area contributed by atoms with Crippen LogP contribution in [0.3, 0.4) is 0 Å². The quantitative estimate of drug-likeness (QED) is 0.207. The molecule has 2 saturated heterocycles. The maximum Gasteiger partial charge on any atom is 0.407 e. The number of hydrogen-bond donors (Lipinski definition) is 4. The number of carboxylic acid groups (broad SMARTS) is 1. The van der Waals surface area contributed by atoms with Gasteiger partial charge in [0.25, 0.3) is 0 Å². The van der Waals surface area contributed by atoms with Crippen molar-refractivity contribution in [1.82, 2.24) is 14.5 Å². The van der Waals surface area contributed by atoms with E-state index < -0.39 is 52.2 Å². The average molecular weight is 663 g/mol. The van der Waals surface area contributed by atoms with E-state index in [0.29, 0.717) is 31.6 Å². The first-order chi connectivity index (χ1) is 21.7. The summed E-state index contributed by atoms with van der Waals surface area (Å²) >= 11 is 0. The zero-order valence-electron chi connectivity index (χ0n) is 26.6. The van der Waals surface area contributed by atoms with Crippen molar-refractivity contribution in [3.8, 4) is 0 Å². The zero-order chi connectivity index (χ0) is 33.5. The minimum atomic E-state index is -4.13. The average Bonchev–Trinajstić information content (AvgIpc) is 3.62. The van der Waals surface area contributed by atoms with Crippen LogP contribution in [0.25, 0.3) is 0 Å². The minimum absolute atomic E-state index is 0.0110. The molecule has 2 fully saturated rings. The summed E-state index contributed by atoms with van der Waals surface area (Å²) in [5.74, 6) is -0.0682. The highest BCUT2D eigenvalue weighted by atomic mass is 32.2. The van der Waals surface area contributed by atoms with Crippen LogP contribution in [0, 0.1) is 11.3 Å². The SMILES string of the molecule is CN(CCCC(C)(C)CN(C[C@@H](O)[C@H](Cc1ccccc1)NC(=O)O[C@H]1CO[C@H]2OCC[C@H]21)S(=O)(=O)c1ccc(N)cc1)C(=O)O. The van der Waals surface area contributed by atoms with E-state index in [-0.39, 0.29) is 43.5 Å². The molecule has 0 radical (unpaired) electrons. The summed E-state index contributed by atoms with van der Waals surface area (Å²) in [6, 6.07) is 14.2. The Hall–Kier alpha value is -3.43. The van der Waals surface area contributed by atoms with E-state index in [4.69, 9.17) is 19.9 Å². The second-order valence-electron chi connectivity index (χ2n) is 12.8. The van der Waals surface area contributed by atoms with Crippen molar-refractivity contribution in [3.05, 3.63) is 60.2 Å². The molecule has 0 aliphatic carbocycles. The highest BCUT2D eigenvalue weighted by Gasteiger charge is 2.44. The third-order valence-electron chi connectivity index (χ3n) is 8.50. The molecule has 0 unspecified atom stereocenters.